The average Bonchev–Trinajstić information content (AvgIpc) is 2.59. The van der Waals surface area contributed by atoms with Crippen molar-refractivity contribution in [1.82, 2.24) is 10.4 Å². The zero-order valence-electron chi connectivity index (χ0n) is 14.5. The van der Waals surface area contributed by atoms with E-state index in [-0.39, 0.29) is 17.9 Å². The van der Waals surface area contributed by atoms with E-state index in [1.807, 2.05) is 52.0 Å². The third kappa shape index (κ3) is 4.98. The maximum atomic E-state index is 12.5. The molecule has 2 aromatic rings. The van der Waals surface area contributed by atoms with Gasteiger partial charge < -0.3 is 0 Å². The molecule has 0 atom stereocenters. The van der Waals surface area contributed by atoms with Crippen molar-refractivity contribution in [1.29, 1.82) is 0 Å². The maximum Gasteiger partial charge on any atom is 0.269 e. The van der Waals surface area contributed by atoms with Crippen LogP contribution in [-0.4, -0.2) is 30.7 Å². The lowest BCUT2D eigenvalue weighted by atomic mass is 9.94. The monoisotopic (exact) mass is 322 g/mol. The minimum atomic E-state index is -0.270. The van der Waals surface area contributed by atoms with E-state index < -0.39 is 0 Å². The summed E-state index contributed by atoms with van der Waals surface area (Å²) in [5.41, 5.74) is 5.58. The van der Waals surface area contributed by atoms with E-state index in [9.17, 15) is 9.59 Å². The van der Waals surface area contributed by atoms with E-state index in [0.29, 0.717) is 18.4 Å². The first-order valence-corrected chi connectivity index (χ1v) is 8.21. The Hall–Kier alpha value is -2.56. The van der Waals surface area contributed by atoms with Crippen LogP contribution in [0.15, 0.2) is 54.6 Å². The lowest BCUT2D eigenvalue weighted by Gasteiger charge is -2.27. The number of nitrogens with zero attached hydrogens (tertiary/aromatic N) is 1. The summed E-state index contributed by atoms with van der Waals surface area (Å²) in [7, 11) is 2.04. The Morgan fingerprint density at radius 2 is 1.67 bits per heavy atom. The van der Waals surface area contributed by atoms with E-state index in [2.05, 4.69) is 5.43 Å². The highest BCUT2D eigenvalue weighted by Gasteiger charge is 2.19. The number of amides is 2. The number of hydrogen-bond acceptors (Lipinski definition) is 2. The highest BCUT2D eigenvalue weighted by atomic mass is 16.2. The Morgan fingerprint density at radius 1 is 1.04 bits per heavy atom. The molecular weight excluding hydrogens is 299 g/mol. The van der Waals surface area contributed by atoms with Gasteiger partial charge in [-0.25, -0.2) is 0 Å². The van der Waals surface area contributed by atoms with Crippen LogP contribution < -0.4 is 10.9 Å². The van der Waals surface area contributed by atoms with Gasteiger partial charge in [0.2, 0.25) is 5.91 Å². The summed E-state index contributed by atoms with van der Waals surface area (Å²) < 4.78 is 0. The van der Waals surface area contributed by atoms with Crippen LogP contribution in [0.4, 0.5) is 0 Å². The molecule has 4 nitrogen and oxygen atoms in total. The predicted molar refractivity (Wildman–Crippen MR) is 98.8 cm³/mol. The van der Waals surface area contributed by atoms with Crippen molar-refractivity contribution in [3.05, 3.63) is 65.7 Å². The summed E-state index contributed by atoms with van der Waals surface area (Å²) in [6.07, 6.45) is 1.01. The molecular formula is C19H23BN2O2. The van der Waals surface area contributed by atoms with Gasteiger partial charge in [-0.2, -0.15) is 0 Å². The predicted octanol–water partition coefficient (Wildman–Crippen LogP) is 1.46. The van der Waals surface area contributed by atoms with Gasteiger partial charge in [-0.15, -0.1) is 0 Å². The smallest absolute Gasteiger partial charge is 0.269 e. The van der Waals surface area contributed by atoms with Crippen molar-refractivity contribution in [2.75, 3.05) is 0 Å². The highest BCUT2D eigenvalue weighted by molar-refractivity contribution is 6.32. The molecule has 0 aromatic heterocycles. The van der Waals surface area contributed by atoms with Crippen LogP contribution in [0.25, 0.3) is 0 Å². The molecule has 0 aliphatic carbocycles. The van der Waals surface area contributed by atoms with Crippen molar-refractivity contribution in [2.45, 2.75) is 32.7 Å². The minimum absolute atomic E-state index is 0.0881. The van der Waals surface area contributed by atoms with Gasteiger partial charge in [0.1, 0.15) is 7.85 Å². The minimum Gasteiger partial charge on any atom is -0.273 e. The molecule has 0 aliphatic heterocycles. The fraction of sp³-hybridized carbons (Fsp3) is 0.263. The molecule has 0 heterocycles. The molecule has 24 heavy (non-hydrogen) atoms. The van der Waals surface area contributed by atoms with Gasteiger partial charge in [-0.3, -0.25) is 20.0 Å². The summed E-state index contributed by atoms with van der Waals surface area (Å²) in [6.45, 7) is 3.77. The van der Waals surface area contributed by atoms with Gasteiger partial charge >= 0.3 is 0 Å². The Kier molecular flexibility index (Phi) is 6.18. The van der Waals surface area contributed by atoms with Crippen LogP contribution >= 0.6 is 0 Å². The molecule has 0 saturated carbocycles. The second-order valence-electron chi connectivity index (χ2n) is 6.15. The van der Waals surface area contributed by atoms with Crippen LogP contribution in [0.5, 0.6) is 0 Å². The molecule has 2 amide bonds. The van der Waals surface area contributed by atoms with Crippen molar-refractivity contribution < 1.29 is 9.59 Å². The number of rotatable bonds is 5. The highest BCUT2D eigenvalue weighted by Crippen LogP contribution is 2.07. The molecule has 0 aliphatic rings. The van der Waals surface area contributed by atoms with Crippen LogP contribution in [0.1, 0.15) is 36.2 Å². The van der Waals surface area contributed by atoms with Gasteiger partial charge in [-0.05, 0) is 38.0 Å². The van der Waals surface area contributed by atoms with E-state index in [0.717, 1.165) is 5.56 Å². The van der Waals surface area contributed by atoms with E-state index in [1.54, 1.807) is 24.3 Å². The Labute approximate surface area is 144 Å². The largest absolute Gasteiger partial charge is 0.273 e. The van der Waals surface area contributed by atoms with Gasteiger partial charge in [0.05, 0.1) is 0 Å². The maximum absolute atomic E-state index is 12.5. The first-order valence-electron chi connectivity index (χ1n) is 8.21. The zero-order valence-corrected chi connectivity index (χ0v) is 14.5. The molecule has 1 N–H and O–H groups in total. The molecule has 0 bridgehead atoms. The number of carbonyl (C=O) groups is 2. The summed E-state index contributed by atoms with van der Waals surface area (Å²) in [4.78, 5) is 24.8. The summed E-state index contributed by atoms with van der Waals surface area (Å²) >= 11 is 0. The normalized spacial score (nSPS) is 10.5. The first-order chi connectivity index (χ1) is 11.5. The van der Waals surface area contributed by atoms with Crippen LogP contribution in [-0.2, 0) is 11.2 Å². The fourth-order valence-corrected chi connectivity index (χ4v) is 2.37. The van der Waals surface area contributed by atoms with E-state index in [1.165, 1.54) is 10.5 Å². The number of nitrogens with one attached hydrogen (secondary N) is 1. The second-order valence-corrected chi connectivity index (χ2v) is 6.15. The quantitative estimate of drug-likeness (QED) is 0.669. The van der Waals surface area contributed by atoms with Gasteiger partial charge in [0.25, 0.3) is 5.91 Å². The van der Waals surface area contributed by atoms with E-state index in [4.69, 9.17) is 0 Å². The van der Waals surface area contributed by atoms with Gasteiger partial charge in [0.15, 0.2) is 0 Å². The lowest BCUT2D eigenvalue weighted by Crippen LogP contribution is -2.50. The molecule has 2 rings (SSSR count). The number of carbonyl (C=O) groups excluding carboxylic acids is 2. The fourth-order valence-electron chi connectivity index (χ4n) is 2.37. The molecule has 0 saturated heterocycles. The molecule has 2 aromatic carbocycles. The molecule has 5 heteroatoms. The summed E-state index contributed by atoms with van der Waals surface area (Å²) in [5.74, 6) is -0.358. The zero-order chi connectivity index (χ0) is 17.5. The number of aryl methyl sites for hydroxylation is 1. The molecule has 0 radical (unpaired) electrons. The van der Waals surface area contributed by atoms with Crippen molar-refractivity contribution in [2.24, 2.45) is 0 Å². The third-order valence-corrected chi connectivity index (χ3v) is 3.79. The van der Waals surface area contributed by atoms with Crippen LogP contribution in [0.3, 0.4) is 0 Å². The van der Waals surface area contributed by atoms with Gasteiger partial charge in [-0.1, -0.05) is 47.9 Å². The Balaban J connectivity index is 1.97. The number of benzene rings is 2. The Bertz CT molecular complexity index is 684. The molecule has 0 fully saturated rings. The molecule has 124 valence electrons. The SMILES string of the molecule is Bc1ccc(CCC(=O)N(NC(=O)c2ccccc2)C(C)C)cc1. The summed E-state index contributed by atoms with van der Waals surface area (Å²) in [5, 5.41) is 1.42. The topological polar surface area (TPSA) is 49.4 Å². The summed E-state index contributed by atoms with van der Waals surface area (Å²) in [6, 6.07) is 16.9. The lowest BCUT2D eigenvalue weighted by molar-refractivity contribution is -0.135. The van der Waals surface area contributed by atoms with Crippen molar-refractivity contribution >= 4 is 25.1 Å². The first kappa shape index (κ1) is 17.8. The van der Waals surface area contributed by atoms with Crippen LogP contribution in [0.2, 0.25) is 0 Å². The van der Waals surface area contributed by atoms with E-state index >= 15 is 0 Å². The molecule has 0 spiro atoms. The van der Waals surface area contributed by atoms with Crippen LogP contribution in [0, 0.1) is 0 Å². The molecule has 0 unspecified atom stereocenters. The number of hydrogen-bond donors (Lipinski definition) is 1. The average molecular weight is 322 g/mol. The Morgan fingerprint density at radius 3 is 2.25 bits per heavy atom. The third-order valence-electron chi connectivity index (χ3n) is 3.79. The standard InChI is InChI=1S/C19H23BN2O2/c1-14(2)22(21-19(24)16-6-4-3-5-7-16)18(23)13-10-15-8-11-17(20)12-9-15/h3-9,11-12,14H,10,13,20H2,1-2H3,(H,21,24). The van der Waals surface area contributed by atoms with Crippen molar-refractivity contribution in [3.8, 4) is 0 Å². The van der Waals surface area contributed by atoms with Gasteiger partial charge in [0, 0.05) is 18.0 Å². The number of hydrazine groups is 1. The van der Waals surface area contributed by atoms with Crippen molar-refractivity contribution in [3.63, 3.8) is 0 Å². The second kappa shape index (κ2) is 8.34.